The first-order chi connectivity index (χ1) is 8.15. The van der Waals surface area contributed by atoms with Gasteiger partial charge in [-0.25, -0.2) is 0 Å². The van der Waals surface area contributed by atoms with Crippen molar-refractivity contribution in [3.63, 3.8) is 0 Å². The molecule has 0 saturated carbocycles. The van der Waals surface area contributed by atoms with Crippen molar-refractivity contribution < 1.29 is 14.6 Å². The van der Waals surface area contributed by atoms with Gasteiger partial charge in [-0.3, -0.25) is 0 Å². The summed E-state index contributed by atoms with van der Waals surface area (Å²) in [5.41, 5.74) is 7.82. The van der Waals surface area contributed by atoms with Crippen LogP contribution < -0.4 is 15.2 Å². The monoisotopic (exact) mass is 237 g/mol. The topological polar surface area (TPSA) is 64.7 Å². The molecule has 0 saturated heterocycles. The van der Waals surface area contributed by atoms with Crippen LogP contribution in [0.2, 0.25) is 0 Å². The fraction of sp³-hybridized carbons (Fsp3) is 0.538. The zero-order valence-electron chi connectivity index (χ0n) is 10.3. The highest BCUT2D eigenvalue weighted by Crippen LogP contribution is 2.37. The van der Waals surface area contributed by atoms with Gasteiger partial charge in [-0.2, -0.15) is 0 Å². The van der Waals surface area contributed by atoms with Crippen molar-refractivity contribution >= 4 is 0 Å². The van der Waals surface area contributed by atoms with Gasteiger partial charge in [-0.05, 0) is 26.0 Å². The molecular weight excluding hydrogens is 218 g/mol. The molecule has 1 aliphatic heterocycles. The number of ether oxygens (including phenoxy) is 2. The minimum atomic E-state index is -0.429. The summed E-state index contributed by atoms with van der Waals surface area (Å²) in [6.07, 6.45) is 1.09. The molecule has 1 unspecified atom stereocenters. The summed E-state index contributed by atoms with van der Waals surface area (Å²) < 4.78 is 11.3. The van der Waals surface area contributed by atoms with Crippen LogP contribution in [0.1, 0.15) is 31.0 Å². The SMILES string of the molecule is CCOc1cc2c(cc1[C@H](N)CO)OC(C)C2. The Hall–Kier alpha value is -1.26. The van der Waals surface area contributed by atoms with Crippen LogP contribution >= 0.6 is 0 Å². The van der Waals surface area contributed by atoms with Gasteiger partial charge in [0.1, 0.15) is 17.6 Å². The molecule has 94 valence electrons. The van der Waals surface area contributed by atoms with Crippen molar-refractivity contribution in [2.75, 3.05) is 13.2 Å². The average Bonchev–Trinajstić information content (AvgIpc) is 2.66. The Bertz CT molecular complexity index is 406. The second kappa shape index (κ2) is 4.94. The Kier molecular flexibility index (Phi) is 3.54. The highest BCUT2D eigenvalue weighted by molar-refractivity contribution is 5.49. The fourth-order valence-electron chi connectivity index (χ4n) is 2.12. The number of rotatable bonds is 4. The van der Waals surface area contributed by atoms with Crippen LogP contribution in [0.15, 0.2) is 12.1 Å². The number of fused-ring (bicyclic) bond motifs is 1. The maximum atomic E-state index is 9.16. The van der Waals surface area contributed by atoms with Gasteiger partial charge in [0.05, 0.1) is 19.3 Å². The summed E-state index contributed by atoms with van der Waals surface area (Å²) in [6, 6.07) is 3.44. The van der Waals surface area contributed by atoms with Crippen molar-refractivity contribution in [3.05, 3.63) is 23.3 Å². The van der Waals surface area contributed by atoms with Gasteiger partial charge in [-0.1, -0.05) is 0 Å². The van der Waals surface area contributed by atoms with Crippen LogP contribution in [0.4, 0.5) is 0 Å². The Balaban J connectivity index is 2.39. The smallest absolute Gasteiger partial charge is 0.124 e. The van der Waals surface area contributed by atoms with Crippen molar-refractivity contribution in [1.82, 2.24) is 0 Å². The number of aliphatic hydroxyl groups is 1. The van der Waals surface area contributed by atoms with E-state index in [9.17, 15) is 0 Å². The minimum absolute atomic E-state index is 0.103. The average molecular weight is 237 g/mol. The van der Waals surface area contributed by atoms with Crippen LogP contribution in [-0.4, -0.2) is 24.4 Å². The zero-order chi connectivity index (χ0) is 12.4. The van der Waals surface area contributed by atoms with E-state index in [0.29, 0.717) is 6.61 Å². The summed E-state index contributed by atoms with van der Waals surface area (Å²) in [7, 11) is 0. The molecule has 0 bridgehead atoms. The molecule has 1 aliphatic rings. The molecule has 0 aromatic heterocycles. The molecule has 0 fully saturated rings. The molecule has 17 heavy (non-hydrogen) atoms. The lowest BCUT2D eigenvalue weighted by molar-refractivity contribution is 0.251. The van der Waals surface area contributed by atoms with Gasteiger partial charge in [0, 0.05) is 17.5 Å². The van der Waals surface area contributed by atoms with E-state index in [1.165, 1.54) is 0 Å². The predicted octanol–water partition coefficient (Wildman–Crippen LogP) is 1.40. The number of hydrogen-bond acceptors (Lipinski definition) is 4. The Morgan fingerprint density at radius 3 is 3.00 bits per heavy atom. The molecule has 2 atom stereocenters. The summed E-state index contributed by atoms with van der Waals surface area (Å²) >= 11 is 0. The molecule has 0 radical (unpaired) electrons. The maximum Gasteiger partial charge on any atom is 0.124 e. The lowest BCUT2D eigenvalue weighted by Crippen LogP contribution is -2.16. The number of aliphatic hydroxyl groups excluding tert-OH is 1. The Morgan fingerprint density at radius 1 is 1.59 bits per heavy atom. The number of hydrogen-bond donors (Lipinski definition) is 2. The van der Waals surface area contributed by atoms with Gasteiger partial charge in [0.2, 0.25) is 0 Å². The van der Waals surface area contributed by atoms with Crippen molar-refractivity contribution in [2.24, 2.45) is 5.73 Å². The third-order valence-electron chi connectivity index (χ3n) is 2.92. The molecule has 1 aromatic carbocycles. The van der Waals surface area contributed by atoms with Crippen molar-refractivity contribution in [3.8, 4) is 11.5 Å². The third kappa shape index (κ3) is 2.37. The lowest BCUT2D eigenvalue weighted by atomic mass is 10.0. The molecule has 4 heteroatoms. The third-order valence-corrected chi connectivity index (χ3v) is 2.92. The standard InChI is InChI=1S/C13H19NO3/c1-3-16-13-5-9-4-8(2)17-12(9)6-10(13)11(14)7-15/h5-6,8,11,15H,3-4,7,14H2,1-2H3/t8?,11-/m1/s1. The van der Waals surface area contributed by atoms with Gasteiger partial charge >= 0.3 is 0 Å². The molecule has 4 nitrogen and oxygen atoms in total. The summed E-state index contributed by atoms with van der Waals surface area (Å²) in [4.78, 5) is 0. The molecule has 2 rings (SSSR count). The highest BCUT2D eigenvalue weighted by Gasteiger charge is 2.23. The van der Waals surface area contributed by atoms with Gasteiger partial charge in [0.15, 0.2) is 0 Å². The van der Waals surface area contributed by atoms with E-state index in [4.69, 9.17) is 20.3 Å². The minimum Gasteiger partial charge on any atom is -0.494 e. The van der Waals surface area contributed by atoms with Crippen LogP contribution in [0.3, 0.4) is 0 Å². The Morgan fingerprint density at radius 2 is 2.35 bits per heavy atom. The van der Waals surface area contributed by atoms with Gasteiger partial charge < -0.3 is 20.3 Å². The highest BCUT2D eigenvalue weighted by atomic mass is 16.5. The number of nitrogens with two attached hydrogens (primary N) is 1. The van der Waals surface area contributed by atoms with E-state index in [2.05, 4.69) is 0 Å². The van der Waals surface area contributed by atoms with Crippen LogP contribution in [0.25, 0.3) is 0 Å². The van der Waals surface area contributed by atoms with Crippen LogP contribution in [0.5, 0.6) is 11.5 Å². The first-order valence-electron chi connectivity index (χ1n) is 5.98. The fourth-order valence-corrected chi connectivity index (χ4v) is 2.12. The zero-order valence-corrected chi connectivity index (χ0v) is 10.3. The predicted molar refractivity (Wildman–Crippen MR) is 65.4 cm³/mol. The molecule has 0 spiro atoms. The van der Waals surface area contributed by atoms with Crippen LogP contribution in [-0.2, 0) is 6.42 Å². The second-order valence-electron chi connectivity index (χ2n) is 4.35. The molecule has 1 heterocycles. The van der Waals surface area contributed by atoms with E-state index in [1.54, 1.807) is 0 Å². The molecule has 0 aliphatic carbocycles. The van der Waals surface area contributed by atoms with Gasteiger partial charge in [-0.15, -0.1) is 0 Å². The lowest BCUT2D eigenvalue weighted by Gasteiger charge is -2.16. The molecule has 3 N–H and O–H groups in total. The summed E-state index contributed by atoms with van der Waals surface area (Å²) in [6.45, 7) is 4.45. The van der Waals surface area contributed by atoms with E-state index < -0.39 is 6.04 Å². The molecule has 0 amide bonds. The van der Waals surface area contributed by atoms with Crippen molar-refractivity contribution in [2.45, 2.75) is 32.4 Å². The second-order valence-corrected chi connectivity index (χ2v) is 4.35. The largest absolute Gasteiger partial charge is 0.494 e. The maximum absolute atomic E-state index is 9.16. The van der Waals surface area contributed by atoms with Crippen LogP contribution in [0, 0.1) is 0 Å². The van der Waals surface area contributed by atoms with E-state index in [0.717, 1.165) is 29.0 Å². The summed E-state index contributed by atoms with van der Waals surface area (Å²) in [5, 5.41) is 9.16. The first-order valence-corrected chi connectivity index (χ1v) is 5.98. The Labute approximate surface area is 101 Å². The van der Waals surface area contributed by atoms with Gasteiger partial charge in [0.25, 0.3) is 0 Å². The van der Waals surface area contributed by atoms with E-state index in [-0.39, 0.29) is 12.7 Å². The normalized spacial score (nSPS) is 19.6. The quantitative estimate of drug-likeness (QED) is 0.830. The van der Waals surface area contributed by atoms with E-state index in [1.807, 2.05) is 26.0 Å². The first kappa shape index (κ1) is 12.2. The van der Waals surface area contributed by atoms with E-state index >= 15 is 0 Å². The molecule has 1 aromatic rings. The number of benzene rings is 1. The summed E-state index contributed by atoms with van der Waals surface area (Å²) in [5.74, 6) is 1.62. The molecular formula is C13H19NO3. The van der Waals surface area contributed by atoms with Crippen molar-refractivity contribution in [1.29, 1.82) is 0 Å².